The summed E-state index contributed by atoms with van der Waals surface area (Å²) >= 11 is 1.59. The number of hydrogen-bond acceptors (Lipinski definition) is 4. The Morgan fingerprint density at radius 3 is 3.09 bits per heavy atom. The lowest BCUT2D eigenvalue weighted by Crippen LogP contribution is -2.47. The Morgan fingerprint density at radius 2 is 2.32 bits per heavy atom. The summed E-state index contributed by atoms with van der Waals surface area (Å²) in [6.07, 6.45) is 3.33. The molecule has 6 heteroatoms. The van der Waals surface area contributed by atoms with Crippen molar-refractivity contribution in [2.24, 2.45) is 0 Å². The van der Waals surface area contributed by atoms with Gasteiger partial charge in [-0.15, -0.1) is 11.3 Å². The van der Waals surface area contributed by atoms with Crippen LogP contribution in [0.1, 0.15) is 22.2 Å². The van der Waals surface area contributed by atoms with Gasteiger partial charge in [0.1, 0.15) is 0 Å². The van der Waals surface area contributed by atoms with E-state index in [0.29, 0.717) is 13.1 Å². The molecule has 0 saturated carbocycles. The van der Waals surface area contributed by atoms with E-state index in [1.807, 2.05) is 23.6 Å². The molecule has 2 heterocycles. The number of nitrogens with one attached hydrogen (secondary N) is 1. The summed E-state index contributed by atoms with van der Waals surface area (Å²) < 4.78 is 0. The maximum absolute atomic E-state index is 12.4. The summed E-state index contributed by atoms with van der Waals surface area (Å²) in [6.45, 7) is 1.13. The zero-order chi connectivity index (χ0) is 15.4. The highest BCUT2D eigenvalue weighted by molar-refractivity contribution is 7.09. The van der Waals surface area contributed by atoms with Crippen LogP contribution in [0.3, 0.4) is 0 Å². The van der Waals surface area contributed by atoms with Crippen LogP contribution >= 0.6 is 11.3 Å². The second-order valence-corrected chi connectivity index (χ2v) is 6.23. The van der Waals surface area contributed by atoms with E-state index >= 15 is 0 Å². The zero-order valence-corrected chi connectivity index (χ0v) is 13.1. The number of carbonyl (C=O) groups excluding carboxylic acids is 1. The lowest BCUT2D eigenvalue weighted by atomic mass is 9.93. The quantitative estimate of drug-likeness (QED) is 0.906. The third-order valence-electron chi connectivity index (χ3n) is 3.94. The monoisotopic (exact) mass is 317 g/mol. The minimum absolute atomic E-state index is 0.0586. The van der Waals surface area contributed by atoms with Crippen molar-refractivity contribution in [1.29, 1.82) is 0 Å². The van der Waals surface area contributed by atoms with Gasteiger partial charge in [0.05, 0.1) is 17.7 Å². The molecule has 1 aromatic heterocycles. The van der Waals surface area contributed by atoms with Crippen molar-refractivity contribution in [3.63, 3.8) is 0 Å². The van der Waals surface area contributed by atoms with Crippen molar-refractivity contribution in [3.05, 3.63) is 52.0 Å². The first kappa shape index (κ1) is 15.0. The Hall–Kier alpha value is -1.92. The number of fused-ring (bicyclic) bond motifs is 1. The minimum atomic E-state index is -0.259. The SMILES string of the molecule is O=C(NCCc1nccs1)N1CCc2ccccc2C1CO. The smallest absolute Gasteiger partial charge is 0.318 e. The summed E-state index contributed by atoms with van der Waals surface area (Å²) in [5.41, 5.74) is 2.26. The molecule has 2 amide bonds. The van der Waals surface area contributed by atoms with Crippen LogP contribution < -0.4 is 5.32 Å². The number of urea groups is 1. The summed E-state index contributed by atoms with van der Waals surface area (Å²) in [5.74, 6) is 0. The first-order valence-electron chi connectivity index (χ1n) is 7.41. The van der Waals surface area contributed by atoms with Gasteiger partial charge < -0.3 is 15.3 Å². The second-order valence-electron chi connectivity index (χ2n) is 5.25. The van der Waals surface area contributed by atoms with E-state index in [9.17, 15) is 9.90 Å². The van der Waals surface area contributed by atoms with E-state index in [-0.39, 0.29) is 18.7 Å². The summed E-state index contributed by atoms with van der Waals surface area (Å²) in [7, 11) is 0. The van der Waals surface area contributed by atoms with Crippen molar-refractivity contribution >= 4 is 17.4 Å². The normalized spacial score (nSPS) is 17.1. The molecule has 0 radical (unpaired) electrons. The summed E-state index contributed by atoms with van der Waals surface area (Å²) in [6, 6.07) is 7.62. The Bertz CT molecular complexity index is 630. The number of nitrogens with zero attached hydrogens (tertiary/aromatic N) is 2. The van der Waals surface area contributed by atoms with E-state index < -0.39 is 0 Å². The van der Waals surface area contributed by atoms with Crippen molar-refractivity contribution < 1.29 is 9.90 Å². The van der Waals surface area contributed by atoms with Gasteiger partial charge in [0, 0.05) is 31.1 Å². The van der Waals surface area contributed by atoms with Crippen LogP contribution in [0.2, 0.25) is 0 Å². The average Bonchev–Trinajstić information content (AvgIpc) is 3.07. The molecule has 0 saturated heterocycles. The van der Waals surface area contributed by atoms with Gasteiger partial charge in [-0.05, 0) is 17.5 Å². The van der Waals surface area contributed by atoms with Crippen molar-refractivity contribution in [2.45, 2.75) is 18.9 Å². The van der Waals surface area contributed by atoms with E-state index in [2.05, 4.69) is 16.4 Å². The molecule has 0 spiro atoms. The standard InChI is InChI=1S/C16H19N3O2S/c20-11-14-13-4-2-1-3-12(13)6-9-19(14)16(21)18-7-5-15-17-8-10-22-15/h1-4,8,10,14,20H,5-7,9,11H2,(H,18,21). The third-order valence-corrected chi connectivity index (χ3v) is 4.78. The largest absolute Gasteiger partial charge is 0.394 e. The highest BCUT2D eigenvalue weighted by atomic mass is 32.1. The molecule has 22 heavy (non-hydrogen) atoms. The highest BCUT2D eigenvalue weighted by Crippen LogP contribution is 2.29. The summed E-state index contributed by atoms with van der Waals surface area (Å²) in [5, 5.41) is 15.6. The zero-order valence-electron chi connectivity index (χ0n) is 12.2. The number of benzene rings is 1. The Balaban J connectivity index is 1.62. The van der Waals surface area contributed by atoms with E-state index in [1.165, 1.54) is 5.56 Å². The maximum Gasteiger partial charge on any atom is 0.318 e. The number of aliphatic hydroxyl groups is 1. The second kappa shape index (κ2) is 6.89. The maximum atomic E-state index is 12.4. The third kappa shape index (κ3) is 3.13. The fraction of sp³-hybridized carbons (Fsp3) is 0.375. The molecule has 1 atom stereocenters. The van der Waals surface area contributed by atoms with Crippen LogP contribution in [0.4, 0.5) is 4.79 Å². The first-order valence-corrected chi connectivity index (χ1v) is 8.29. The molecule has 1 unspecified atom stereocenters. The average molecular weight is 317 g/mol. The van der Waals surface area contributed by atoms with Gasteiger partial charge in [-0.1, -0.05) is 24.3 Å². The molecule has 5 nitrogen and oxygen atoms in total. The predicted molar refractivity (Wildman–Crippen MR) is 85.9 cm³/mol. The molecule has 1 aliphatic rings. The number of aliphatic hydroxyl groups excluding tert-OH is 1. The summed E-state index contributed by atoms with van der Waals surface area (Å²) in [4.78, 5) is 18.3. The van der Waals surface area contributed by atoms with Crippen molar-refractivity contribution in [2.75, 3.05) is 19.7 Å². The molecular weight excluding hydrogens is 298 g/mol. The molecule has 1 aromatic carbocycles. The Labute approximate surface area is 133 Å². The number of amides is 2. The van der Waals surface area contributed by atoms with Gasteiger partial charge in [0.25, 0.3) is 0 Å². The van der Waals surface area contributed by atoms with Crippen LogP contribution in [0, 0.1) is 0 Å². The molecule has 3 rings (SSSR count). The molecule has 2 N–H and O–H groups in total. The molecule has 0 aliphatic carbocycles. The number of carbonyl (C=O) groups is 1. The molecule has 1 aliphatic heterocycles. The lowest BCUT2D eigenvalue weighted by Gasteiger charge is -2.36. The Morgan fingerprint density at radius 1 is 1.45 bits per heavy atom. The molecule has 0 bridgehead atoms. The minimum Gasteiger partial charge on any atom is -0.394 e. The first-order chi connectivity index (χ1) is 10.8. The van der Waals surface area contributed by atoms with Crippen LogP contribution in [0.15, 0.2) is 35.8 Å². The topological polar surface area (TPSA) is 65.5 Å². The fourth-order valence-corrected chi connectivity index (χ4v) is 3.47. The van der Waals surface area contributed by atoms with E-state index in [4.69, 9.17) is 0 Å². The van der Waals surface area contributed by atoms with Crippen LogP contribution in [0.25, 0.3) is 0 Å². The highest BCUT2D eigenvalue weighted by Gasteiger charge is 2.29. The van der Waals surface area contributed by atoms with Gasteiger partial charge in [0.2, 0.25) is 0 Å². The van der Waals surface area contributed by atoms with Crippen LogP contribution in [0.5, 0.6) is 0 Å². The molecular formula is C16H19N3O2S. The van der Waals surface area contributed by atoms with Crippen molar-refractivity contribution in [3.8, 4) is 0 Å². The van der Waals surface area contributed by atoms with E-state index in [0.717, 1.165) is 23.4 Å². The van der Waals surface area contributed by atoms with Gasteiger partial charge >= 0.3 is 6.03 Å². The number of thiazole rings is 1. The Kier molecular flexibility index (Phi) is 4.70. The number of rotatable bonds is 4. The predicted octanol–water partition coefficient (Wildman–Crippen LogP) is 1.99. The van der Waals surface area contributed by atoms with Gasteiger partial charge in [0.15, 0.2) is 0 Å². The van der Waals surface area contributed by atoms with Crippen LogP contribution in [-0.2, 0) is 12.8 Å². The lowest BCUT2D eigenvalue weighted by molar-refractivity contribution is 0.127. The van der Waals surface area contributed by atoms with Gasteiger partial charge in [-0.3, -0.25) is 0 Å². The van der Waals surface area contributed by atoms with Gasteiger partial charge in [-0.2, -0.15) is 0 Å². The molecule has 0 fully saturated rings. The van der Waals surface area contributed by atoms with E-state index in [1.54, 1.807) is 22.4 Å². The molecule has 116 valence electrons. The fourth-order valence-electron chi connectivity index (χ4n) is 2.85. The number of aromatic nitrogens is 1. The number of hydrogen-bond donors (Lipinski definition) is 2. The van der Waals surface area contributed by atoms with Crippen LogP contribution in [-0.4, -0.2) is 40.7 Å². The van der Waals surface area contributed by atoms with Gasteiger partial charge in [-0.25, -0.2) is 9.78 Å². The molecule has 2 aromatic rings. The van der Waals surface area contributed by atoms with Crippen molar-refractivity contribution in [1.82, 2.24) is 15.2 Å².